The number of aromatic amines is 1. The highest BCUT2D eigenvalue weighted by molar-refractivity contribution is 5.84. The monoisotopic (exact) mass is 559 g/mol. The van der Waals surface area contributed by atoms with Gasteiger partial charge in [0.15, 0.2) is 24.5 Å². The summed E-state index contributed by atoms with van der Waals surface area (Å²) in [5.74, 6) is -0.381. The van der Waals surface area contributed by atoms with Gasteiger partial charge in [0.25, 0.3) is 5.56 Å². The summed E-state index contributed by atoms with van der Waals surface area (Å²) in [7, 11) is 1.77. The van der Waals surface area contributed by atoms with Crippen LogP contribution in [0.4, 0.5) is 23.2 Å². The number of halogens is 4. The van der Waals surface area contributed by atoms with Gasteiger partial charge < -0.3 is 15.0 Å². The van der Waals surface area contributed by atoms with Crippen molar-refractivity contribution in [1.29, 1.82) is 5.26 Å². The van der Waals surface area contributed by atoms with Gasteiger partial charge in [0.2, 0.25) is 0 Å². The number of ether oxygens (including phenoxy) is 1. The minimum absolute atomic E-state index is 0.0621. The second-order valence-corrected chi connectivity index (χ2v) is 8.74. The first kappa shape index (κ1) is 29.8. The van der Waals surface area contributed by atoms with Crippen molar-refractivity contribution in [2.75, 3.05) is 25.5 Å². The van der Waals surface area contributed by atoms with Gasteiger partial charge in [-0.15, -0.1) is 0 Å². The van der Waals surface area contributed by atoms with Gasteiger partial charge in [-0.25, -0.2) is 19.5 Å². The summed E-state index contributed by atoms with van der Waals surface area (Å²) in [5, 5.41) is 16.5. The van der Waals surface area contributed by atoms with E-state index in [1.165, 1.54) is 18.5 Å². The number of nitriles is 1. The summed E-state index contributed by atoms with van der Waals surface area (Å²) in [4.78, 5) is 33.1. The number of nitrogens with one attached hydrogen (secondary N) is 2. The molecule has 1 unspecified atom stereocenters. The van der Waals surface area contributed by atoms with Gasteiger partial charge in [0.1, 0.15) is 17.4 Å². The molecule has 1 aromatic carbocycles. The number of aromatic nitrogens is 4. The number of alkyl halides is 3. The van der Waals surface area contributed by atoms with Crippen molar-refractivity contribution < 1.29 is 27.1 Å². The molecule has 14 heteroatoms. The van der Waals surface area contributed by atoms with Gasteiger partial charge in [-0.2, -0.15) is 23.5 Å². The first-order valence-corrected chi connectivity index (χ1v) is 11.9. The molecule has 2 N–H and O–H groups in total. The molecule has 0 radical (unpaired) electrons. The first-order chi connectivity index (χ1) is 19.0. The zero-order chi connectivity index (χ0) is 29.3. The molecule has 210 valence electrons. The van der Waals surface area contributed by atoms with E-state index in [2.05, 4.69) is 20.4 Å². The minimum atomic E-state index is -4.83. The quantitative estimate of drug-likeness (QED) is 0.246. The number of hydrogen-bond acceptors (Lipinski definition) is 9. The molecule has 1 atom stereocenters. The third-order valence-electron chi connectivity index (χ3n) is 5.67. The zero-order valence-corrected chi connectivity index (χ0v) is 21.5. The van der Waals surface area contributed by atoms with Crippen LogP contribution in [0.5, 0.6) is 5.75 Å². The van der Waals surface area contributed by atoms with E-state index in [0.29, 0.717) is 31.2 Å². The molecule has 3 rings (SSSR count). The van der Waals surface area contributed by atoms with Crippen molar-refractivity contribution in [1.82, 2.24) is 25.1 Å². The lowest BCUT2D eigenvalue weighted by Gasteiger charge is -2.20. The number of H-pyrrole nitrogens is 1. The lowest BCUT2D eigenvalue weighted by Crippen LogP contribution is -2.27. The highest BCUT2D eigenvalue weighted by Crippen LogP contribution is 2.32. The predicted octanol–water partition coefficient (Wildman–Crippen LogP) is 4.28. The van der Waals surface area contributed by atoms with Crippen LogP contribution >= 0.6 is 0 Å². The van der Waals surface area contributed by atoms with Gasteiger partial charge in [-0.3, -0.25) is 9.59 Å². The largest absolute Gasteiger partial charge is 0.476 e. The van der Waals surface area contributed by atoms with Crippen LogP contribution in [-0.4, -0.2) is 57.6 Å². The molecule has 0 aliphatic heterocycles. The van der Waals surface area contributed by atoms with Crippen molar-refractivity contribution in [3.63, 3.8) is 0 Å². The fourth-order valence-corrected chi connectivity index (χ4v) is 3.72. The number of rotatable bonds is 12. The standard InChI is InChI=1S/C26H25F4N7O3/c1-16(35-22-14-34-36-25(39)23(22)26(28,29)30)4-3-7-37(2)8-5-17-10-20(21(27)11-18(17)15-38)24-32-12-19(13-33-24)40-9-6-31/h5,8,10-16H,3-4,7,9H2,1-2H3,(H2,35,36,39)/b8-5-. The van der Waals surface area contributed by atoms with Crippen LogP contribution in [0.2, 0.25) is 0 Å². The topological polar surface area (TPSA) is 137 Å². The SMILES string of the molecule is CC(CCCN(C)/C=C\c1cc(-c2ncc(OCC#N)cn2)c(F)cc1C=O)Nc1cn[nH]c(=O)c1C(F)(F)F. The molecule has 3 aromatic rings. The van der Waals surface area contributed by atoms with Crippen LogP contribution < -0.4 is 15.6 Å². The number of hydrogen-bond donors (Lipinski definition) is 2. The Morgan fingerprint density at radius 1 is 1.23 bits per heavy atom. The normalized spacial score (nSPS) is 12.1. The molecule has 40 heavy (non-hydrogen) atoms. The van der Waals surface area contributed by atoms with Crippen LogP contribution in [0.1, 0.15) is 41.3 Å². The summed E-state index contributed by atoms with van der Waals surface area (Å²) in [6.45, 7) is 2.02. The van der Waals surface area contributed by atoms with Crippen LogP contribution in [-0.2, 0) is 6.18 Å². The van der Waals surface area contributed by atoms with Crippen LogP contribution in [0.3, 0.4) is 0 Å². The number of aldehydes is 1. The Kier molecular flexibility index (Phi) is 9.91. The van der Waals surface area contributed by atoms with Gasteiger partial charge in [-0.1, -0.05) is 0 Å². The average Bonchev–Trinajstić information content (AvgIpc) is 2.90. The molecule has 0 amide bonds. The Bertz CT molecular complexity index is 1450. The van der Waals surface area contributed by atoms with Crippen LogP contribution in [0.15, 0.2) is 41.7 Å². The molecule has 0 fully saturated rings. The Morgan fingerprint density at radius 2 is 1.95 bits per heavy atom. The maximum atomic E-state index is 14.7. The van der Waals surface area contributed by atoms with Gasteiger partial charge in [0, 0.05) is 25.2 Å². The highest BCUT2D eigenvalue weighted by atomic mass is 19.4. The molecule has 0 aliphatic carbocycles. The van der Waals surface area contributed by atoms with Crippen molar-refractivity contribution >= 4 is 18.0 Å². The predicted molar refractivity (Wildman–Crippen MR) is 138 cm³/mol. The minimum Gasteiger partial charge on any atom is -0.476 e. The lowest BCUT2D eigenvalue weighted by molar-refractivity contribution is -0.138. The summed E-state index contributed by atoms with van der Waals surface area (Å²) in [6.07, 6.45) is 3.61. The van der Waals surface area contributed by atoms with Crippen molar-refractivity contribution in [3.8, 4) is 23.2 Å². The number of anilines is 1. The maximum absolute atomic E-state index is 14.7. The average molecular weight is 560 g/mol. The summed E-state index contributed by atoms with van der Waals surface area (Å²) >= 11 is 0. The summed E-state index contributed by atoms with van der Waals surface area (Å²) < 4.78 is 59.5. The van der Waals surface area contributed by atoms with E-state index in [1.54, 1.807) is 36.2 Å². The lowest BCUT2D eigenvalue weighted by atomic mass is 10.0. The number of nitrogens with zero attached hydrogens (tertiary/aromatic N) is 5. The smallest absolute Gasteiger partial charge is 0.423 e. The highest BCUT2D eigenvalue weighted by Gasteiger charge is 2.37. The molecular formula is C26H25F4N7O3. The molecule has 0 bridgehead atoms. The van der Waals surface area contributed by atoms with Gasteiger partial charge in [0.05, 0.1) is 29.8 Å². The number of carbonyl (C=O) groups is 1. The fraction of sp³-hybridized carbons (Fsp3) is 0.308. The van der Waals surface area contributed by atoms with E-state index in [1.807, 2.05) is 6.07 Å². The number of carbonyl (C=O) groups excluding carboxylic acids is 1. The Balaban J connectivity index is 1.63. The molecule has 0 saturated heterocycles. The van der Waals surface area contributed by atoms with E-state index < -0.39 is 23.1 Å². The molecule has 10 nitrogen and oxygen atoms in total. The maximum Gasteiger partial charge on any atom is 0.423 e. The van der Waals surface area contributed by atoms with E-state index in [0.717, 1.165) is 12.3 Å². The molecule has 0 aliphatic rings. The molecular weight excluding hydrogens is 534 g/mol. The van der Waals surface area contributed by atoms with Crippen LogP contribution in [0.25, 0.3) is 17.5 Å². The molecule has 0 spiro atoms. The van der Waals surface area contributed by atoms with Crippen LogP contribution in [0, 0.1) is 17.1 Å². The molecule has 2 aromatic heterocycles. The molecule has 2 heterocycles. The zero-order valence-electron chi connectivity index (χ0n) is 21.5. The summed E-state index contributed by atoms with van der Waals surface area (Å²) in [5.41, 5.74) is -2.44. The first-order valence-electron chi connectivity index (χ1n) is 11.9. The van der Waals surface area contributed by atoms with Gasteiger partial charge in [-0.05, 0) is 49.7 Å². The third-order valence-corrected chi connectivity index (χ3v) is 5.67. The van der Waals surface area contributed by atoms with Gasteiger partial charge >= 0.3 is 6.18 Å². The van der Waals surface area contributed by atoms with Crippen molar-refractivity contribution in [2.45, 2.75) is 32.0 Å². The van der Waals surface area contributed by atoms with Crippen molar-refractivity contribution in [2.24, 2.45) is 0 Å². The third kappa shape index (κ3) is 7.85. The summed E-state index contributed by atoms with van der Waals surface area (Å²) in [6, 6.07) is 3.95. The number of benzene rings is 1. The van der Waals surface area contributed by atoms with E-state index in [4.69, 9.17) is 10.00 Å². The second kappa shape index (κ2) is 13.3. The fourth-order valence-electron chi connectivity index (χ4n) is 3.72. The Morgan fingerprint density at radius 3 is 2.60 bits per heavy atom. The van der Waals surface area contributed by atoms with E-state index in [-0.39, 0.29) is 41.0 Å². The van der Waals surface area contributed by atoms with E-state index >= 15 is 0 Å². The van der Waals surface area contributed by atoms with E-state index in [9.17, 15) is 27.2 Å². The Labute approximate surface area is 226 Å². The Hall–Kier alpha value is -4.80. The van der Waals surface area contributed by atoms with Crippen molar-refractivity contribution in [3.05, 3.63) is 69.8 Å². The second-order valence-electron chi connectivity index (χ2n) is 8.74. The molecule has 0 saturated carbocycles.